The smallest absolute Gasteiger partial charge is 0.294 e. The van der Waals surface area contributed by atoms with Crippen LogP contribution in [0.15, 0.2) is 71.3 Å². The highest BCUT2D eigenvalue weighted by Gasteiger charge is 2.35. The molecular formula is C24H22ClFN2O3. The van der Waals surface area contributed by atoms with Gasteiger partial charge in [0, 0.05) is 16.8 Å². The third-order valence-electron chi connectivity index (χ3n) is 5.45. The van der Waals surface area contributed by atoms with Gasteiger partial charge in [-0.25, -0.2) is 4.39 Å². The van der Waals surface area contributed by atoms with E-state index >= 15 is 0 Å². The van der Waals surface area contributed by atoms with Crippen LogP contribution in [0.4, 0.5) is 10.1 Å². The van der Waals surface area contributed by atoms with E-state index in [0.29, 0.717) is 16.3 Å². The van der Waals surface area contributed by atoms with Crippen molar-refractivity contribution in [2.45, 2.75) is 37.8 Å². The van der Waals surface area contributed by atoms with Gasteiger partial charge < -0.3 is 9.73 Å². The quantitative estimate of drug-likeness (QED) is 0.549. The minimum Gasteiger partial charge on any atom is -0.459 e. The van der Waals surface area contributed by atoms with Crippen LogP contribution in [-0.2, 0) is 4.79 Å². The molecule has 31 heavy (non-hydrogen) atoms. The van der Waals surface area contributed by atoms with E-state index in [1.165, 1.54) is 41.5 Å². The fourth-order valence-corrected chi connectivity index (χ4v) is 4.04. The molecule has 1 atom stereocenters. The van der Waals surface area contributed by atoms with E-state index < -0.39 is 17.8 Å². The molecule has 160 valence electrons. The number of nitrogens with one attached hydrogen (secondary N) is 1. The number of benzene rings is 2. The Hall–Kier alpha value is -3.12. The maximum atomic E-state index is 13.6. The molecular weight excluding hydrogens is 419 g/mol. The lowest BCUT2D eigenvalue weighted by molar-refractivity contribution is -0.123. The van der Waals surface area contributed by atoms with Gasteiger partial charge in [-0.05, 0) is 66.9 Å². The van der Waals surface area contributed by atoms with E-state index in [0.717, 1.165) is 25.7 Å². The van der Waals surface area contributed by atoms with E-state index in [1.807, 2.05) is 0 Å². The lowest BCUT2D eigenvalue weighted by Gasteiger charge is -2.31. The van der Waals surface area contributed by atoms with Gasteiger partial charge in [-0.15, -0.1) is 0 Å². The minimum atomic E-state index is -0.985. The molecule has 1 N–H and O–H groups in total. The van der Waals surface area contributed by atoms with Gasteiger partial charge in [-0.2, -0.15) is 0 Å². The fourth-order valence-electron chi connectivity index (χ4n) is 3.92. The Bertz CT molecular complexity index is 1030. The molecule has 0 unspecified atom stereocenters. The summed E-state index contributed by atoms with van der Waals surface area (Å²) in [5.41, 5.74) is 0.966. The lowest BCUT2D eigenvalue weighted by atomic mass is 10.0. The highest BCUT2D eigenvalue weighted by atomic mass is 35.5. The van der Waals surface area contributed by atoms with Crippen molar-refractivity contribution in [3.8, 4) is 0 Å². The third-order valence-corrected chi connectivity index (χ3v) is 5.70. The zero-order chi connectivity index (χ0) is 21.8. The van der Waals surface area contributed by atoms with Crippen molar-refractivity contribution in [3.05, 3.63) is 89.1 Å². The van der Waals surface area contributed by atoms with Crippen molar-refractivity contribution >= 4 is 29.1 Å². The van der Waals surface area contributed by atoms with Crippen LogP contribution in [0.25, 0.3) is 0 Å². The molecule has 3 aromatic rings. The van der Waals surface area contributed by atoms with Gasteiger partial charge in [0.15, 0.2) is 5.76 Å². The summed E-state index contributed by atoms with van der Waals surface area (Å²) >= 11 is 6.05. The summed E-state index contributed by atoms with van der Waals surface area (Å²) in [7, 11) is 0. The molecule has 1 aliphatic carbocycles. The Morgan fingerprint density at radius 1 is 1.03 bits per heavy atom. The molecule has 4 rings (SSSR count). The van der Waals surface area contributed by atoms with Crippen molar-refractivity contribution in [1.29, 1.82) is 0 Å². The van der Waals surface area contributed by atoms with Crippen LogP contribution in [-0.4, -0.2) is 17.9 Å². The Kier molecular flexibility index (Phi) is 6.37. The zero-order valence-electron chi connectivity index (χ0n) is 16.8. The van der Waals surface area contributed by atoms with Gasteiger partial charge in [-0.3, -0.25) is 14.5 Å². The minimum absolute atomic E-state index is 0.0658. The molecule has 1 fully saturated rings. The van der Waals surface area contributed by atoms with Crippen LogP contribution in [0.3, 0.4) is 0 Å². The standard InChI is InChI=1S/C24H22ClFN2O3/c25-17-9-7-16(8-10-17)22(23(29)27-19-4-1-2-5-19)28(20-13-11-18(26)12-14-20)24(30)21-6-3-15-31-21/h3,6-15,19,22H,1-2,4-5H2,(H,27,29)/t22-/m1/s1. The summed E-state index contributed by atoms with van der Waals surface area (Å²) in [6.45, 7) is 0. The van der Waals surface area contributed by atoms with E-state index in [-0.39, 0.29) is 17.7 Å². The number of halogens is 2. The molecule has 0 saturated heterocycles. The number of rotatable bonds is 6. The van der Waals surface area contributed by atoms with Crippen LogP contribution in [0.1, 0.15) is 47.8 Å². The number of hydrogen-bond acceptors (Lipinski definition) is 3. The summed E-state index contributed by atoms with van der Waals surface area (Å²) in [6, 6.07) is 14.5. The molecule has 1 aromatic heterocycles. The molecule has 0 bridgehead atoms. The molecule has 2 aromatic carbocycles. The number of carbonyl (C=O) groups is 2. The highest BCUT2D eigenvalue weighted by molar-refractivity contribution is 6.30. The first kappa shape index (κ1) is 21.1. The molecule has 2 amide bonds. The number of furan rings is 1. The van der Waals surface area contributed by atoms with Crippen LogP contribution in [0.5, 0.6) is 0 Å². The second-order valence-corrected chi connectivity index (χ2v) is 8.01. The lowest BCUT2D eigenvalue weighted by Crippen LogP contribution is -2.46. The molecule has 1 saturated carbocycles. The molecule has 5 nitrogen and oxygen atoms in total. The van der Waals surface area contributed by atoms with Crippen molar-refractivity contribution in [1.82, 2.24) is 5.32 Å². The molecule has 0 aliphatic heterocycles. The Balaban J connectivity index is 1.79. The van der Waals surface area contributed by atoms with Crippen LogP contribution in [0.2, 0.25) is 5.02 Å². The maximum Gasteiger partial charge on any atom is 0.294 e. The SMILES string of the molecule is O=C(NC1CCCC1)[C@@H](c1ccc(Cl)cc1)N(C(=O)c1ccco1)c1ccc(F)cc1. The number of amides is 2. The number of carbonyl (C=O) groups excluding carboxylic acids is 2. The number of nitrogens with zero attached hydrogens (tertiary/aromatic N) is 1. The molecule has 7 heteroatoms. The first-order valence-electron chi connectivity index (χ1n) is 10.2. The van der Waals surface area contributed by atoms with E-state index in [9.17, 15) is 14.0 Å². The summed E-state index contributed by atoms with van der Waals surface area (Å²) in [5.74, 6) is -1.17. The summed E-state index contributed by atoms with van der Waals surface area (Å²) < 4.78 is 18.9. The molecule has 0 spiro atoms. The van der Waals surface area contributed by atoms with Crippen molar-refractivity contribution in [3.63, 3.8) is 0 Å². The normalized spacial score (nSPS) is 14.9. The van der Waals surface area contributed by atoms with Gasteiger partial charge in [0.25, 0.3) is 5.91 Å². The van der Waals surface area contributed by atoms with Gasteiger partial charge in [0.05, 0.1) is 6.26 Å². The fraction of sp³-hybridized carbons (Fsp3) is 0.250. The second kappa shape index (κ2) is 9.35. The first-order chi connectivity index (χ1) is 15.0. The van der Waals surface area contributed by atoms with Crippen molar-refractivity contribution in [2.75, 3.05) is 4.90 Å². The predicted molar refractivity (Wildman–Crippen MR) is 117 cm³/mol. The average molecular weight is 441 g/mol. The Labute approximate surface area is 184 Å². The van der Waals surface area contributed by atoms with Crippen LogP contribution in [0, 0.1) is 5.82 Å². The van der Waals surface area contributed by atoms with Gasteiger partial charge in [0.1, 0.15) is 11.9 Å². The van der Waals surface area contributed by atoms with Gasteiger partial charge in [-0.1, -0.05) is 36.6 Å². The Morgan fingerprint density at radius 3 is 2.32 bits per heavy atom. The van der Waals surface area contributed by atoms with E-state index in [2.05, 4.69) is 5.32 Å². The second-order valence-electron chi connectivity index (χ2n) is 7.57. The van der Waals surface area contributed by atoms with Crippen molar-refractivity contribution < 1.29 is 18.4 Å². The van der Waals surface area contributed by atoms with Crippen LogP contribution >= 0.6 is 11.6 Å². The maximum absolute atomic E-state index is 13.6. The molecule has 0 radical (unpaired) electrons. The van der Waals surface area contributed by atoms with Gasteiger partial charge >= 0.3 is 0 Å². The third kappa shape index (κ3) is 4.80. The van der Waals surface area contributed by atoms with E-state index in [1.54, 1.807) is 30.3 Å². The first-order valence-corrected chi connectivity index (χ1v) is 10.6. The van der Waals surface area contributed by atoms with E-state index in [4.69, 9.17) is 16.0 Å². The number of hydrogen-bond donors (Lipinski definition) is 1. The highest BCUT2D eigenvalue weighted by Crippen LogP contribution is 2.31. The topological polar surface area (TPSA) is 62.6 Å². The Morgan fingerprint density at radius 2 is 1.71 bits per heavy atom. The summed E-state index contributed by atoms with van der Waals surface area (Å²) in [4.78, 5) is 28.3. The summed E-state index contributed by atoms with van der Waals surface area (Å²) in [5, 5.41) is 3.60. The average Bonchev–Trinajstić information content (AvgIpc) is 3.47. The number of anilines is 1. The van der Waals surface area contributed by atoms with Crippen LogP contribution < -0.4 is 10.2 Å². The summed E-state index contributed by atoms with van der Waals surface area (Å²) in [6.07, 6.45) is 5.32. The monoisotopic (exact) mass is 440 g/mol. The zero-order valence-corrected chi connectivity index (χ0v) is 17.5. The molecule has 1 heterocycles. The predicted octanol–water partition coefficient (Wildman–Crippen LogP) is 5.52. The largest absolute Gasteiger partial charge is 0.459 e. The van der Waals surface area contributed by atoms with Gasteiger partial charge in [0.2, 0.25) is 5.91 Å². The van der Waals surface area contributed by atoms with Crippen molar-refractivity contribution in [2.24, 2.45) is 0 Å². The molecule has 1 aliphatic rings.